The van der Waals surface area contributed by atoms with E-state index < -0.39 is 0 Å². The minimum absolute atomic E-state index is 0.159. The zero-order valence-corrected chi connectivity index (χ0v) is 10.9. The summed E-state index contributed by atoms with van der Waals surface area (Å²) in [5, 5.41) is 6.90. The molecule has 1 aromatic carbocycles. The third-order valence-corrected chi connectivity index (χ3v) is 3.45. The first-order valence-electron chi connectivity index (χ1n) is 5.94. The zero-order chi connectivity index (χ0) is 13.1. The highest BCUT2D eigenvalue weighted by Crippen LogP contribution is 2.08. The van der Waals surface area contributed by atoms with Gasteiger partial charge < -0.3 is 5.32 Å². The molecule has 19 heavy (non-hydrogen) atoms. The first-order valence-corrected chi connectivity index (χ1v) is 6.82. The second kappa shape index (κ2) is 5.19. The predicted octanol–water partition coefficient (Wildman–Crippen LogP) is 1.76. The van der Waals surface area contributed by atoms with Gasteiger partial charge in [0.25, 0.3) is 5.91 Å². The Morgan fingerprint density at radius 2 is 2.16 bits per heavy atom. The number of aromatic nitrogens is 3. The van der Waals surface area contributed by atoms with Crippen LogP contribution in [0.3, 0.4) is 0 Å². The van der Waals surface area contributed by atoms with Crippen molar-refractivity contribution in [2.45, 2.75) is 6.42 Å². The van der Waals surface area contributed by atoms with Crippen molar-refractivity contribution in [1.82, 2.24) is 19.9 Å². The lowest BCUT2D eigenvalue weighted by atomic mass is 10.1. The molecule has 3 rings (SSSR count). The molecule has 2 heterocycles. The van der Waals surface area contributed by atoms with Crippen molar-refractivity contribution in [3.05, 3.63) is 53.3 Å². The predicted molar refractivity (Wildman–Crippen MR) is 73.3 cm³/mol. The van der Waals surface area contributed by atoms with Gasteiger partial charge in [-0.05, 0) is 12.0 Å². The maximum atomic E-state index is 11.9. The first kappa shape index (κ1) is 11.9. The van der Waals surface area contributed by atoms with Gasteiger partial charge in [0.05, 0.1) is 6.20 Å². The van der Waals surface area contributed by atoms with Gasteiger partial charge in [0, 0.05) is 6.54 Å². The highest BCUT2D eigenvalue weighted by Gasteiger charge is 2.11. The lowest BCUT2D eigenvalue weighted by Crippen LogP contribution is -2.25. The number of hydrogen-bond acceptors (Lipinski definition) is 4. The van der Waals surface area contributed by atoms with E-state index in [2.05, 4.69) is 15.4 Å². The number of amides is 1. The molecule has 0 radical (unpaired) electrons. The van der Waals surface area contributed by atoms with Gasteiger partial charge in [-0.15, -0.1) is 0 Å². The summed E-state index contributed by atoms with van der Waals surface area (Å²) in [7, 11) is 0. The van der Waals surface area contributed by atoms with Gasteiger partial charge in [-0.1, -0.05) is 41.7 Å². The smallest absolute Gasteiger partial charge is 0.271 e. The van der Waals surface area contributed by atoms with Crippen LogP contribution in [0.25, 0.3) is 4.96 Å². The number of nitrogens with zero attached hydrogens (tertiary/aromatic N) is 3. The van der Waals surface area contributed by atoms with Gasteiger partial charge in [-0.2, -0.15) is 5.10 Å². The average Bonchev–Trinajstić information content (AvgIpc) is 3.00. The van der Waals surface area contributed by atoms with E-state index in [0.29, 0.717) is 12.2 Å². The summed E-state index contributed by atoms with van der Waals surface area (Å²) >= 11 is 1.41. The molecule has 0 unspecified atom stereocenters. The fraction of sp³-hybridized carbons (Fsp3) is 0.154. The molecule has 6 heteroatoms. The van der Waals surface area contributed by atoms with Crippen molar-refractivity contribution in [3.63, 3.8) is 0 Å². The fourth-order valence-electron chi connectivity index (χ4n) is 1.80. The Morgan fingerprint density at radius 3 is 2.95 bits per heavy atom. The van der Waals surface area contributed by atoms with Crippen molar-refractivity contribution < 1.29 is 4.79 Å². The first-order chi connectivity index (χ1) is 9.33. The third-order valence-electron chi connectivity index (χ3n) is 2.76. The molecule has 0 spiro atoms. The van der Waals surface area contributed by atoms with Crippen LogP contribution < -0.4 is 5.32 Å². The molecule has 0 atom stereocenters. The molecule has 1 amide bonds. The number of nitrogens with one attached hydrogen (secondary N) is 1. The molecule has 1 N–H and O–H groups in total. The van der Waals surface area contributed by atoms with E-state index in [1.54, 1.807) is 16.2 Å². The van der Waals surface area contributed by atoms with E-state index in [1.807, 2.05) is 30.3 Å². The van der Waals surface area contributed by atoms with E-state index in [4.69, 9.17) is 0 Å². The number of benzene rings is 1. The SMILES string of the molecule is O=C(NCCc1ccccc1)c1cn2ncsc2n1. The Hall–Kier alpha value is -2.21. The molecule has 0 saturated carbocycles. The van der Waals surface area contributed by atoms with Crippen LogP contribution in [0.15, 0.2) is 42.0 Å². The van der Waals surface area contributed by atoms with Crippen LogP contribution in [0.5, 0.6) is 0 Å². The number of carbonyl (C=O) groups is 1. The lowest BCUT2D eigenvalue weighted by Gasteiger charge is -2.03. The van der Waals surface area contributed by atoms with Gasteiger partial charge in [0.15, 0.2) is 0 Å². The van der Waals surface area contributed by atoms with Gasteiger partial charge in [0.2, 0.25) is 4.96 Å². The summed E-state index contributed by atoms with van der Waals surface area (Å²) < 4.78 is 1.61. The summed E-state index contributed by atoms with van der Waals surface area (Å²) in [4.78, 5) is 16.8. The molecule has 0 aliphatic heterocycles. The van der Waals surface area contributed by atoms with E-state index in [1.165, 1.54) is 16.9 Å². The Labute approximate surface area is 113 Å². The summed E-state index contributed by atoms with van der Waals surface area (Å²) in [5.41, 5.74) is 3.31. The molecule has 0 aliphatic rings. The minimum atomic E-state index is -0.159. The second-order valence-electron chi connectivity index (χ2n) is 4.08. The van der Waals surface area contributed by atoms with Crippen LogP contribution in [0.1, 0.15) is 16.1 Å². The summed E-state index contributed by atoms with van der Waals surface area (Å²) in [6, 6.07) is 10.1. The average molecular weight is 272 g/mol. The van der Waals surface area contributed by atoms with E-state index in [0.717, 1.165) is 11.4 Å². The topological polar surface area (TPSA) is 59.3 Å². The van der Waals surface area contributed by atoms with Crippen molar-refractivity contribution in [2.75, 3.05) is 6.54 Å². The highest BCUT2D eigenvalue weighted by molar-refractivity contribution is 7.14. The number of imidazole rings is 1. The Balaban J connectivity index is 1.58. The molecule has 0 saturated heterocycles. The van der Waals surface area contributed by atoms with Crippen molar-refractivity contribution in [2.24, 2.45) is 0 Å². The molecule has 96 valence electrons. The van der Waals surface area contributed by atoms with Crippen LogP contribution in [0, 0.1) is 0 Å². The Kier molecular flexibility index (Phi) is 3.24. The van der Waals surface area contributed by atoms with E-state index in [9.17, 15) is 4.79 Å². The molecule has 0 aliphatic carbocycles. The van der Waals surface area contributed by atoms with Crippen LogP contribution in [-0.4, -0.2) is 27.0 Å². The van der Waals surface area contributed by atoms with E-state index in [-0.39, 0.29) is 5.91 Å². The maximum Gasteiger partial charge on any atom is 0.271 e. The molecule has 5 nitrogen and oxygen atoms in total. The zero-order valence-electron chi connectivity index (χ0n) is 10.1. The van der Waals surface area contributed by atoms with Crippen LogP contribution >= 0.6 is 11.3 Å². The van der Waals surface area contributed by atoms with Gasteiger partial charge in [-0.25, -0.2) is 9.50 Å². The Morgan fingerprint density at radius 1 is 1.32 bits per heavy atom. The molecule has 2 aromatic heterocycles. The van der Waals surface area contributed by atoms with Gasteiger partial charge in [0.1, 0.15) is 11.2 Å². The fourth-order valence-corrected chi connectivity index (χ4v) is 2.41. The molecular formula is C13H12N4OS. The highest BCUT2D eigenvalue weighted by atomic mass is 32.1. The van der Waals surface area contributed by atoms with Gasteiger partial charge in [-0.3, -0.25) is 4.79 Å². The van der Waals surface area contributed by atoms with E-state index >= 15 is 0 Å². The normalized spacial score (nSPS) is 10.7. The second-order valence-corrected chi connectivity index (χ2v) is 4.90. The quantitative estimate of drug-likeness (QED) is 0.787. The number of carbonyl (C=O) groups excluding carboxylic acids is 1. The van der Waals surface area contributed by atoms with Crippen molar-refractivity contribution >= 4 is 22.2 Å². The molecule has 0 fully saturated rings. The van der Waals surface area contributed by atoms with Crippen LogP contribution in [0.4, 0.5) is 0 Å². The lowest BCUT2D eigenvalue weighted by molar-refractivity contribution is 0.0949. The molecule has 3 aromatic rings. The number of hydrogen-bond donors (Lipinski definition) is 1. The van der Waals surface area contributed by atoms with Gasteiger partial charge >= 0.3 is 0 Å². The minimum Gasteiger partial charge on any atom is -0.350 e. The summed E-state index contributed by atoms with van der Waals surface area (Å²) in [5.74, 6) is -0.159. The number of fused-ring (bicyclic) bond motifs is 1. The Bertz CT molecular complexity index is 660. The molecular weight excluding hydrogens is 260 g/mol. The molecule has 0 bridgehead atoms. The van der Waals surface area contributed by atoms with Crippen molar-refractivity contribution in [1.29, 1.82) is 0 Å². The monoisotopic (exact) mass is 272 g/mol. The summed E-state index contributed by atoms with van der Waals surface area (Å²) in [6.07, 6.45) is 2.46. The summed E-state index contributed by atoms with van der Waals surface area (Å²) in [6.45, 7) is 0.599. The van der Waals surface area contributed by atoms with Crippen LogP contribution in [-0.2, 0) is 6.42 Å². The van der Waals surface area contributed by atoms with Crippen molar-refractivity contribution in [3.8, 4) is 0 Å². The third kappa shape index (κ3) is 2.63. The van der Waals surface area contributed by atoms with Crippen LogP contribution in [0.2, 0.25) is 0 Å². The standard InChI is InChI=1S/C13H12N4OS/c18-12(11-8-17-13(16-11)19-9-15-17)14-7-6-10-4-2-1-3-5-10/h1-5,8-9H,6-7H2,(H,14,18). The number of rotatable bonds is 4. The largest absolute Gasteiger partial charge is 0.350 e. The maximum absolute atomic E-state index is 11.9.